The lowest BCUT2D eigenvalue weighted by Crippen LogP contribution is -2.24. The zero-order valence-electron chi connectivity index (χ0n) is 11.5. The largest absolute Gasteiger partial charge is 0.489 e. The van der Waals surface area contributed by atoms with Crippen LogP contribution in [0.2, 0.25) is 0 Å². The number of nitrogens with one attached hydrogen (secondary N) is 2. The van der Waals surface area contributed by atoms with Crippen molar-refractivity contribution < 1.29 is 4.74 Å². The molecule has 0 aromatic heterocycles. The highest BCUT2D eigenvalue weighted by molar-refractivity contribution is 5.61. The Bertz CT molecular complexity index is 375. The first kappa shape index (κ1) is 13.2. The molecule has 1 aromatic carbocycles. The molecule has 1 aromatic rings. The zero-order chi connectivity index (χ0) is 12.8. The Kier molecular flexibility index (Phi) is 4.88. The number of anilines is 1. The molecule has 0 fully saturated rings. The third-order valence-electron chi connectivity index (χ3n) is 3.66. The lowest BCUT2D eigenvalue weighted by atomic mass is 10.0. The Hall–Kier alpha value is -1.22. The molecule has 1 aliphatic heterocycles. The molecular weight excluding hydrogens is 224 g/mol. The first-order valence-corrected chi connectivity index (χ1v) is 7.04. The van der Waals surface area contributed by atoms with Crippen molar-refractivity contribution >= 4 is 5.69 Å². The molecule has 1 heterocycles. The van der Waals surface area contributed by atoms with Crippen molar-refractivity contribution in [1.82, 2.24) is 5.32 Å². The maximum atomic E-state index is 5.76. The molecule has 0 radical (unpaired) electrons. The summed E-state index contributed by atoms with van der Waals surface area (Å²) in [7, 11) is 0. The van der Waals surface area contributed by atoms with Crippen molar-refractivity contribution in [3.8, 4) is 5.75 Å². The second-order valence-corrected chi connectivity index (χ2v) is 4.88. The maximum Gasteiger partial charge on any atom is 0.146 e. The van der Waals surface area contributed by atoms with Crippen molar-refractivity contribution in [2.75, 3.05) is 25.0 Å². The number of fused-ring (bicyclic) bond motifs is 1. The molecule has 1 aliphatic rings. The molecule has 0 amide bonds. The van der Waals surface area contributed by atoms with Gasteiger partial charge in [-0.25, -0.2) is 0 Å². The summed E-state index contributed by atoms with van der Waals surface area (Å²) in [5, 5.41) is 6.92. The van der Waals surface area contributed by atoms with Gasteiger partial charge >= 0.3 is 0 Å². The first-order chi connectivity index (χ1) is 8.85. The number of ether oxygens (including phenoxy) is 1. The van der Waals surface area contributed by atoms with Crippen molar-refractivity contribution in [2.45, 2.75) is 33.2 Å². The van der Waals surface area contributed by atoms with Gasteiger partial charge in [0.25, 0.3) is 0 Å². The van der Waals surface area contributed by atoms with E-state index in [0.29, 0.717) is 0 Å². The molecule has 2 N–H and O–H groups in total. The molecule has 3 nitrogen and oxygen atoms in total. The van der Waals surface area contributed by atoms with Crippen molar-refractivity contribution in [3.63, 3.8) is 0 Å². The van der Waals surface area contributed by atoms with Crippen molar-refractivity contribution in [3.05, 3.63) is 23.8 Å². The van der Waals surface area contributed by atoms with Gasteiger partial charge in [0.2, 0.25) is 0 Å². The summed E-state index contributed by atoms with van der Waals surface area (Å²) in [5.74, 6) is 1.81. The molecule has 3 heteroatoms. The van der Waals surface area contributed by atoms with Crippen LogP contribution in [0.1, 0.15) is 32.3 Å². The van der Waals surface area contributed by atoms with Crippen LogP contribution in [0.15, 0.2) is 18.2 Å². The summed E-state index contributed by atoms with van der Waals surface area (Å²) in [6, 6.07) is 6.32. The third kappa shape index (κ3) is 3.16. The second kappa shape index (κ2) is 6.64. The Morgan fingerprint density at radius 1 is 1.33 bits per heavy atom. The average Bonchev–Trinajstić information content (AvgIpc) is 2.44. The minimum absolute atomic E-state index is 0.760. The Morgan fingerprint density at radius 2 is 2.17 bits per heavy atom. The van der Waals surface area contributed by atoms with Crippen LogP contribution in [0, 0.1) is 5.92 Å². The molecule has 100 valence electrons. The fraction of sp³-hybridized carbons (Fsp3) is 0.600. The van der Waals surface area contributed by atoms with E-state index < -0.39 is 0 Å². The van der Waals surface area contributed by atoms with Gasteiger partial charge in [0.1, 0.15) is 12.4 Å². The van der Waals surface area contributed by atoms with Crippen LogP contribution in [0.5, 0.6) is 5.75 Å². The van der Waals surface area contributed by atoms with E-state index in [1.807, 2.05) is 0 Å². The van der Waals surface area contributed by atoms with Crippen LogP contribution < -0.4 is 15.4 Å². The highest BCUT2D eigenvalue weighted by Crippen LogP contribution is 2.31. The summed E-state index contributed by atoms with van der Waals surface area (Å²) >= 11 is 0. The SMILES string of the molecule is CCC(CC)CNCc1cccc2c1OCCN2. The van der Waals surface area contributed by atoms with E-state index in [-0.39, 0.29) is 0 Å². The quantitative estimate of drug-likeness (QED) is 0.812. The van der Waals surface area contributed by atoms with Gasteiger partial charge in [-0.3, -0.25) is 0 Å². The summed E-state index contributed by atoms with van der Waals surface area (Å²) in [6.45, 7) is 8.15. The lowest BCUT2D eigenvalue weighted by molar-refractivity contribution is 0.318. The normalized spacial score (nSPS) is 13.9. The average molecular weight is 248 g/mol. The van der Waals surface area contributed by atoms with E-state index in [9.17, 15) is 0 Å². The molecule has 0 unspecified atom stereocenters. The van der Waals surface area contributed by atoms with Crippen molar-refractivity contribution in [2.24, 2.45) is 5.92 Å². The van der Waals surface area contributed by atoms with E-state index >= 15 is 0 Å². The van der Waals surface area contributed by atoms with Crippen LogP contribution >= 0.6 is 0 Å². The highest BCUT2D eigenvalue weighted by Gasteiger charge is 2.13. The molecule has 2 rings (SSSR count). The van der Waals surface area contributed by atoms with Gasteiger partial charge in [0, 0.05) is 18.7 Å². The summed E-state index contributed by atoms with van der Waals surface area (Å²) < 4.78 is 5.76. The van der Waals surface area contributed by atoms with E-state index in [0.717, 1.165) is 43.6 Å². The summed E-state index contributed by atoms with van der Waals surface area (Å²) in [4.78, 5) is 0. The number of hydrogen-bond acceptors (Lipinski definition) is 3. The minimum Gasteiger partial charge on any atom is -0.489 e. The van der Waals surface area contributed by atoms with E-state index in [2.05, 4.69) is 42.7 Å². The number of hydrogen-bond donors (Lipinski definition) is 2. The van der Waals surface area contributed by atoms with Crippen molar-refractivity contribution in [1.29, 1.82) is 0 Å². The van der Waals surface area contributed by atoms with Gasteiger partial charge in [-0.1, -0.05) is 38.8 Å². The standard InChI is InChI=1S/C15H24N2O/c1-3-12(4-2)10-16-11-13-6-5-7-14-15(13)18-9-8-17-14/h5-7,12,16-17H,3-4,8-11H2,1-2H3. The minimum atomic E-state index is 0.760. The molecule has 0 atom stereocenters. The predicted octanol–water partition coefficient (Wildman–Crippen LogP) is 3.02. The Labute approximate surface area is 110 Å². The first-order valence-electron chi connectivity index (χ1n) is 7.04. The molecule has 0 saturated carbocycles. The summed E-state index contributed by atoms with van der Waals surface area (Å²) in [5.41, 5.74) is 2.38. The molecular formula is C15H24N2O. The van der Waals surface area contributed by atoms with Crippen LogP contribution in [0.25, 0.3) is 0 Å². The fourth-order valence-corrected chi connectivity index (χ4v) is 2.36. The Morgan fingerprint density at radius 3 is 2.94 bits per heavy atom. The molecule has 0 aliphatic carbocycles. The topological polar surface area (TPSA) is 33.3 Å². The Balaban J connectivity index is 1.93. The van der Waals surface area contributed by atoms with Gasteiger partial charge in [-0.2, -0.15) is 0 Å². The monoisotopic (exact) mass is 248 g/mol. The van der Waals surface area contributed by atoms with E-state index in [4.69, 9.17) is 4.74 Å². The number of para-hydroxylation sites is 1. The van der Waals surface area contributed by atoms with E-state index in [1.165, 1.54) is 18.4 Å². The van der Waals surface area contributed by atoms with Gasteiger partial charge in [-0.15, -0.1) is 0 Å². The van der Waals surface area contributed by atoms with E-state index in [1.54, 1.807) is 0 Å². The molecule has 0 spiro atoms. The fourth-order valence-electron chi connectivity index (χ4n) is 2.36. The number of benzene rings is 1. The van der Waals surface area contributed by atoms with Crippen LogP contribution in [-0.2, 0) is 6.54 Å². The molecule has 0 saturated heterocycles. The molecule has 18 heavy (non-hydrogen) atoms. The van der Waals surface area contributed by atoms with Crippen LogP contribution in [0.4, 0.5) is 5.69 Å². The maximum absolute atomic E-state index is 5.76. The van der Waals surface area contributed by atoms with Crippen LogP contribution in [-0.4, -0.2) is 19.7 Å². The van der Waals surface area contributed by atoms with Gasteiger partial charge < -0.3 is 15.4 Å². The predicted molar refractivity (Wildman–Crippen MR) is 76.2 cm³/mol. The van der Waals surface area contributed by atoms with Gasteiger partial charge in [0.15, 0.2) is 0 Å². The lowest BCUT2D eigenvalue weighted by Gasteiger charge is -2.22. The van der Waals surface area contributed by atoms with Crippen LogP contribution in [0.3, 0.4) is 0 Å². The number of rotatable bonds is 6. The summed E-state index contributed by atoms with van der Waals surface area (Å²) in [6.07, 6.45) is 2.49. The van der Waals surface area contributed by atoms with Gasteiger partial charge in [-0.05, 0) is 18.5 Å². The van der Waals surface area contributed by atoms with Gasteiger partial charge in [0.05, 0.1) is 5.69 Å². The molecule has 0 bridgehead atoms. The second-order valence-electron chi connectivity index (χ2n) is 4.88. The smallest absolute Gasteiger partial charge is 0.146 e. The third-order valence-corrected chi connectivity index (χ3v) is 3.66. The zero-order valence-corrected chi connectivity index (χ0v) is 11.5. The highest BCUT2D eigenvalue weighted by atomic mass is 16.5.